The Morgan fingerprint density at radius 2 is 1.59 bits per heavy atom. The van der Waals surface area contributed by atoms with Crippen molar-refractivity contribution in [3.8, 4) is 0 Å². The van der Waals surface area contributed by atoms with E-state index in [1.807, 2.05) is 6.92 Å². The van der Waals surface area contributed by atoms with Crippen molar-refractivity contribution < 1.29 is 32.3 Å². The molecule has 0 saturated carbocycles. The molecule has 0 aliphatic heterocycles. The number of sulfone groups is 1. The number of benzene rings is 2. The van der Waals surface area contributed by atoms with Crippen LogP contribution in [0.4, 0.5) is 5.69 Å². The van der Waals surface area contributed by atoms with Crippen molar-refractivity contribution in [2.24, 2.45) is 0 Å². The summed E-state index contributed by atoms with van der Waals surface area (Å²) in [6, 6.07) is 11.6. The summed E-state index contributed by atoms with van der Waals surface area (Å²) in [6.07, 6.45) is 1.70. The Balaban J connectivity index is 1.94. The van der Waals surface area contributed by atoms with Crippen LogP contribution in [0.2, 0.25) is 0 Å². The molecule has 9 heteroatoms. The Labute approximate surface area is 168 Å². The topological polar surface area (TPSA) is 116 Å². The van der Waals surface area contributed by atoms with E-state index in [0.29, 0.717) is 24.3 Å². The third-order valence-corrected chi connectivity index (χ3v) is 4.84. The lowest BCUT2D eigenvalue weighted by atomic mass is 10.2. The van der Waals surface area contributed by atoms with Crippen molar-refractivity contribution >= 4 is 33.4 Å². The third-order valence-electron chi connectivity index (χ3n) is 3.68. The number of hydrogen-bond donors (Lipinski definition) is 1. The number of anilines is 1. The van der Waals surface area contributed by atoms with Gasteiger partial charge in [-0.1, -0.05) is 19.1 Å². The van der Waals surface area contributed by atoms with Crippen molar-refractivity contribution in [3.05, 3.63) is 59.7 Å². The second kappa shape index (κ2) is 9.83. The first-order valence-corrected chi connectivity index (χ1v) is 10.6. The fourth-order valence-corrected chi connectivity index (χ4v) is 3.21. The first-order chi connectivity index (χ1) is 13.7. The van der Waals surface area contributed by atoms with Crippen LogP contribution in [0.15, 0.2) is 53.4 Å². The van der Waals surface area contributed by atoms with Gasteiger partial charge in [0.25, 0.3) is 5.91 Å². The fraction of sp³-hybridized carbons (Fsp3) is 0.250. The van der Waals surface area contributed by atoms with Crippen LogP contribution in [0.5, 0.6) is 0 Å². The summed E-state index contributed by atoms with van der Waals surface area (Å²) < 4.78 is 33.4. The summed E-state index contributed by atoms with van der Waals surface area (Å²) in [5.74, 6) is -1.99. The SMILES string of the molecule is CCCOC(=O)c1ccc(NC(=O)COC(=O)c2ccccc2S(C)(=O)=O)cc1. The quantitative estimate of drug-likeness (QED) is 0.653. The van der Waals surface area contributed by atoms with Gasteiger partial charge in [-0.15, -0.1) is 0 Å². The highest BCUT2D eigenvalue weighted by Crippen LogP contribution is 2.16. The van der Waals surface area contributed by atoms with Crippen LogP contribution in [-0.4, -0.2) is 45.7 Å². The zero-order chi connectivity index (χ0) is 21.4. The van der Waals surface area contributed by atoms with E-state index in [1.165, 1.54) is 48.5 Å². The number of carbonyl (C=O) groups is 3. The van der Waals surface area contributed by atoms with Crippen molar-refractivity contribution in [1.82, 2.24) is 0 Å². The van der Waals surface area contributed by atoms with Crippen LogP contribution in [0, 0.1) is 0 Å². The lowest BCUT2D eigenvalue weighted by molar-refractivity contribution is -0.119. The van der Waals surface area contributed by atoms with Gasteiger partial charge in [-0.25, -0.2) is 18.0 Å². The molecule has 0 bridgehead atoms. The summed E-state index contributed by atoms with van der Waals surface area (Å²) in [4.78, 5) is 35.7. The van der Waals surface area contributed by atoms with Crippen LogP contribution >= 0.6 is 0 Å². The van der Waals surface area contributed by atoms with Crippen molar-refractivity contribution in [1.29, 1.82) is 0 Å². The number of ether oxygens (including phenoxy) is 2. The first kappa shape index (κ1) is 22.1. The van der Waals surface area contributed by atoms with Crippen LogP contribution < -0.4 is 5.32 Å². The average Bonchev–Trinajstić information content (AvgIpc) is 2.70. The van der Waals surface area contributed by atoms with E-state index in [1.54, 1.807) is 0 Å². The molecule has 1 N–H and O–H groups in total. The smallest absolute Gasteiger partial charge is 0.339 e. The Hall–Kier alpha value is -3.20. The summed E-state index contributed by atoms with van der Waals surface area (Å²) in [7, 11) is -3.62. The van der Waals surface area contributed by atoms with Crippen LogP contribution in [-0.2, 0) is 24.1 Å². The van der Waals surface area contributed by atoms with Gasteiger partial charge < -0.3 is 14.8 Å². The Kier molecular flexibility index (Phi) is 7.49. The predicted octanol–water partition coefficient (Wildman–Crippen LogP) is 2.45. The minimum Gasteiger partial charge on any atom is -0.462 e. The molecule has 2 aromatic rings. The standard InChI is InChI=1S/C20H21NO7S/c1-3-12-27-19(23)14-8-10-15(11-9-14)21-18(22)13-28-20(24)16-6-4-5-7-17(16)29(2,25)26/h4-11H,3,12-13H2,1-2H3,(H,21,22). The number of hydrogen-bond acceptors (Lipinski definition) is 7. The van der Waals surface area contributed by atoms with Crippen LogP contribution in [0.1, 0.15) is 34.1 Å². The average molecular weight is 419 g/mol. The lowest BCUT2D eigenvalue weighted by Gasteiger charge is -2.09. The number of esters is 2. The number of nitrogens with one attached hydrogen (secondary N) is 1. The molecular formula is C20H21NO7S. The molecule has 154 valence electrons. The molecule has 0 atom stereocenters. The second-order valence-corrected chi connectivity index (χ2v) is 8.09. The van der Waals surface area contributed by atoms with Gasteiger partial charge in [0.05, 0.1) is 22.6 Å². The van der Waals surface area contributed by atoms with Crippen molar-refractivity contribution in [2.75, 3.05) is 24.8 Å². The summed E-state index contributed by atoms with van der Waals surface area (Å²) in [5, 5.41) is 2.52. The molecular weight excluding hydrogens is 398 g/mol. The molecule has 0 aromatic heterocycles. The van der Waals surface area contributed by atoms with E-state index < -0.39 is 34.3 Å². The summed E-state index contributed by atoms with van der Waals surface area (Å²) in [6.45, 7) is 1.61. The van der Waals surface area contributed by atoms with Gasteiger partial charge >= 0.3 is 11.9 Å². The molecule has 2 aromatic carbocycles. The maximum atomic E-state index is 12.2. The second-order valence-electron chi connectivity index (χ2n) is 6.11. The largest absolute Gasteiger partial charge is 0.462 e. The molecule has 0 aliphatic carbocycles. The van der Waals surface area contributed by atoms with Crippen LogP contribution in [0.25, 0.3) is 0 Å². The third kappa shape index (κ3) is 6.42. The van der Waals surface area contributed by atoms with Gasteiger partial charge in [0.2, 0.25) is 0 Å². The first-order valence-electron chi connectivity index (χ1n) is 8.75. The summed E-state index contributed by atoms with van der Waals surface area (Å²) >= 11 is 0. The molecule has 2 rings (SSSR count). The van der Waals surface area contributed by atoms with Gasteiger partial charge in [-0.05, 0) is 42.8 Å². The molecule has 0 heterocycles. The monoisotopic (exact) mass is 419 g/mol. The van der Waals surface area contributed by atoms with Gasteiger partial charge in [-0.2, -0.15) is 0 Å². The molecule has 1 amide bonds. The van der Waals surface area contributed by atoms with E-state index in [4.69, 9.17) is 9.47 Å². The highest BCUT2D eigenvalue weighted by Gasteiger charge is 2.20. The Bertz CT molecular complexity index is 998. The molecule has 0 saturated heterocycles. The predicted molar refractivity (Wildman–Crippen MR) is 105 cm³/mol. The van der Waals surface area contributed by atoms with Gasteiger partial charge in [-0.3, -0.25) is 4.79 Å². The molecule has 8 nitrogen and oxygen atoms in total. The molecule has 0 aliphatic rings. The van der Waals surface area contributed by atoms with E-state index in [-0.39, 0.29) is 10.5 Å². The lowest BCUT2D eigenvalue weighted by Crippen LogP contribution is -2.21. The molecule has 0 radical (unpaired) electrons. The molecule has 0 spiro atoms. The van der Waals surface area contributed by atoms with Gasteiger partial charge in [0.1, 0.15) is 0 Å². The zero-order valence-electron chi connectivity index (χ0n) is 16.0. The van der Waals surface area contributed by atoms with E-state index in [0.717, 1.165) is 6.26 Å². The minimum atomic E-state index is -3.62. The maximum absolute atomic E-state index is 12.2. The minimum absolute atomic E-state index is 0.141. The number of rotatable bonds is 8. The number of amides is 1. The highest BCUT2D eigenvalue weighted by molar-refractivity contribution is 7.90. The van der Waals surface area contributed by atoms with Crippen LogP contribution in [0.3, 0.4) is 0 Å². The molecule has 29 heavy (non-hydrogen) atoms. The van der Waals surface area contributed by atoms with Crippen molar-refractivity contribution in [3.63, 3.8) is 0 Å². The van der Waals surface area contributed by atoms with E-state index >= 15 is 0 Å². The van der Waals surface area contributed by atoms with Gasteiger partial charge in [0.15, 0.2) is 16.4 Å². The Morgan fingerprint density at radius 1 is 0.931 bits per heavy atom. The normalized spacial score (nSPS) is 10.8. The maximum Gasteiger partial charge on any atom is 0.339 e. The zero-order valence-corrected chi connectivity index (χ0v) is 16.8. The fourth-order valence-electron chi connectivity index (χ4n) is 2.33. The number of carbonyl (C=O) groups excluding carboxylic acids is 3. The highest BCUT2D eigenvalue weighted by atomic mass is 32.2. The summed E-state index contributed by atoms with van der Waals surface area (Å²) in [5.41, 5.74) is 0.604. The molecule has 0 unspecified atom stereocenters. The van der Waals surface area contributed by atoms with Crippen molar-refractivity contribution in [2.45, 2.75) is 18.2 Å². The van der Waals surface area contributed by atoms with E-state index in [2.05, 4.69) is 5.32 Å². The van der Waals surface area contributed by atoms with Gasteiger partial charge in [0, 0.05) is 11.9 Å². The molecule has 0 fully saturated rings. The Morgan fingerprint density at radius 3 is 2.21 bits per heavy atom. The van der Waals surface area contributed by atoms with E-state index in [9.17, 15) is 22.8 Å².